The lowest BCUT2D eigenvalue weighted by Gasteiger charge is -2.06. The Kier molecular flexibility index (Phi) is 3.69. The van der Waals surface area contributed by atoms with E-state index < -0.39 is 0 Å². The number of H-pyrrole nitrogens is 1. The van der Waals surface area contributed by atoms with Crippen LogP contribution in [0.3, 0.4) is 0 Å². The largest absolute Gasteiger partial charge is 0.352 e. The van der Waals surface area contributed by atoms with Crippen molar-refractivity contribution in [2.24, 2.45) is 0 Å². The number of carbonyl (C=O) groups is 1. The molecule has 2 N–H and O–H groups in total. The predicted octanol–water partition coefficient (Wildman–Crippen LogP) is 2.84. The van der Waals surface area contributed by atoms with Crippen LogP contribution in [0.25, 0.3) is 11.0 Å². The van der Waals surface area contributed by atoms with Crippen molar-refractivity contribution in [3.63, 3.8) is 0 Å². The first-order valence-electron chi connectivity index (χ1n) is 6.99. The molecule has 0 atom stereocenters. The van der Waals surface area contributed by atoms with Crippen LogP contribution < -0.4 is 5.32 Å². The zero-order chi connectivity index (χ0) is 14.7. The molecule has 0 unspecified atom stereocenters. The standard InChI is InChI=1S/C17H17N3O/c1-12-2-4-13(5-3-12)8-9-18-17(21)14-6-7-15-16(10-14)20-11-19-15/h2-7,10-11H,8-9H2,1H3,(H,18,21)(H,19,20). The van der Waals surface area contributed by atoms with Gasteiger partial charge in [-0.3, -0.25) is 4.79 Å². The van der Waals surface area contributed by atoms with E-state index in [0.29, 0.717) is 12.1 Å². The summed E-state index contributed by atoms with van der Waals surface area (Å²) in [5.74, 6) is -0.0568. The molecule has 2 aromatic carbocycles. The number of carbonyl (C=O) groups excluding carboxylic acids is 1. The van der Waals surface area contributed by atoms with Crippen molar-refractivity contribution in [2.75, 3.05) is 6.54 Å². The Bertz CT molecular complexity index is 759. The SMILES string of the molecule is Cc1ccc(CCNC(=O)c2ccc3nc[nH]c3c2)cc1. The third-order valence-corrected chi connectivity index (χ3v) is 3.50. The molecule has 4 nitrogen and oxygen atoms in total. The maximum absolute atomic E-state index is 12.1. The summed E-state index contributed by atoms with van der Waals surface area (Å²) in [7, 11) is 0. The van der Waals surface area contributed by atoms with Crippen molar-refractivity contribution in [1.29, 1.82) is 0 Å². The first-order valence-corrected chi connectivity index (χ1v) is 6.99. The average Bonchev–Trinajstić information content (AvgIpc) is 2.96. The average molecular weight is 279 g/mol. The summed E-state index contributed by atoms with van der Waals surface area (Å²) in [5.41, 5.74) is 4.86. The molecule has 0 spiro atoms. The van der Waals surface area contributed by atoms with Gasteiger partial charge in [0.05, 0.1) is 17.4 Å². The maximum Gasteiger partial charge on any atom is 0.251 e. The second-order valence-electron chi connectivity index (χ2n) is 5.13. The molecule has 0 aliphatic rings. The first kappa shape index (κ1) is 13.4. The Balaban J connectivity index is 1.59. The van der Waals surface area contributed by atoms with E-state index in [-0.39, 0.29) is 5.91 Å². The lowest BCUT2D eigenvalue weighted by Crippen LogP contribution is -2.25. The van der Waals surface area contributed by atoms with Gasteiger partial charge in [-0.25, -0.2) is 4.98 Å². The van der Waals surface area contributed by atoms with Crippen molar-refractivity contribution in [3.05, 3.63) is 65.5 Å². The number of imidazole rings is 1. The molecule has 3 aromatic rings. The van der Waals surface area contributed by atoms with E-state index in [1.165, 1.54) is 11.1 Å². The summed E-state index contributed by atoms with van der Waals surface area (Å²) >= 11 is 0. The van der Waals surface area contributed by atoms with Crippen LogP contribution in [0.5, 0.6) is 0 Å². The van der Waals surface area contributed by atoms with Crippen molar-refractivity contribution < 1.29 is 4.79 Å². The van der Waals surface area contributed by atoms with Gasteiger partial charge in [-0.05, 0) is 37.1 Å². The van der Waals surface area contributed by atoms with Gasteiger partial charge in [0.2, 0.25) is 0 Å². The topological polar surface area (TPSA) is 57.8 Å². The van der Waals surface area contributed by atoms with Gasteiger partial charge in [0, 0.05) is 12.1 Å². The van der Waals surface area contributed by atoms with Gasteiger partial charge in [-0.15, -0.1) is 0 Å². The molecule has 0 saturated carbocycles. The fraction of sp³-hybridized carbons (Fsp3) is 0.176. The van der Waals surface area contributed by atoms with E-state index >= 15 is 0 Å². The van der Waals surface area contributed by atoms with Crippen LogP contribution in [-0.2, 0) is 6.42 Å². The minimum Gasteiger partial charge on any atom is -0.352 e. The van der Waals surface area contributed by atoms with Crippen molar-refractivity contribution >= 4 is 16.9 Å². The van der Waals surface area contributed by atoms with Gasteiger partial charge in [-0.2, -0.15) is 0 Å². The maximum atomic E-state index is 12.1. The predicted molar refractivity (Wildman–Crippen MR) is 83.3 cm³/mol. The van der Waals surface area contributed by atoms with Crippen LogP contribution in [0.2, 0.25) is 0 Å². The fourth-order valence-corrected chi connectivity index (χ4v) is 2.25. The van der Waals surface area contributed by atoms with Gasteiger partial charge in [-0.1, -0.05) is 29.8 Å². The highest BCUT2D eigenvalue weighted by atomic mass is 16.1. The number of nitrogens with one attached hydrogen (secondary N) is 2. The molecule has 4 heteroatoms. The van der Waals surface area contributed by atoms with Crippen molar-refractivity contribution in [2.45, 2.75) is 13.3 Å². The van der Waals surface area contributed by atoms with E-state index in [0.717, 1.165) is 17.5 Å². The number of fused-ring (bicyclic) bond motifs is 1. The molecular formula is C17H17N3O. The number of aryl methyl sites for hydroxylation is 1. The van der Waals surface area contributed by atoms with Gasteiger partial charge >= 0.3 is 0 Å². The van der Waals surface area contributed by atoms with Crippen LogP contribution in [0, 0.1) is 6.92 Å². The molecule has 0 aliphatic carbocycles. The zero-order valence-electron chi connectivity index (χ0n) is 11.9. The molecule has 0 aliphatic heterocycles. The monoisotopic (exact) mass is 279 g/mol. The number of rotatable bonds is 4. The number of amides is 1. The first-order chi connectivity index (χ1) is 10.2. The van der Waals surface area contributed by atoms with Crippen LogP contribution in [0.1, 0.15) is 21.5 Å². The summed E-state index contributed by atoms with van der Waals surface area (Å²) in [6.45, 7) is 2.69. The number of hydrogen-bond acceptors (Lipinski definition) is 2. The Morgan fingerprint density at radius 2 is 2.00 bits per heavy atom. The summed E-state index contributed by atoms with van der Waals surface area (Å²) in [6, 6.07) is 13.8. The quantitative estimate of drug-likeness (QED) is 0.771. The molecule has 1 heterocycles. The molecule has 0 saturated heterocycles. The molecule has 0 radical (unpaired) electrons. The molecule has 0 bridgehead atoms. The Hall–Kier alpha value is -2.62. The number of benzene rings is 2. The summed E-state index contributed by atoms with van der Waals surface area (Å²) in [5, 5.41) is 2.95. The molecule has 1 amide bonds. The lowest BCUT2D eigenvalue weighted by atomic mass is 10.1. The van der Waals surface area contributed by atoms with E-state index in [9.17, 15) is 4.79 Å². The molecular weight excluding hydrogens is 262 g/mol. The Labute approximate surface area is 123 Å². The van der Waals surface area contributed by atoms with Gasteiger partial charge in [0.1, 0.15) is 0 Å². The molecule has 1 aromatic heterocycles. The summed E-state index contributed by atoms with van der Waals surface area (Å²) < 4.78 is 0. The molecule has 106 valence electrons. The van der Waals surface area contributed by atoms with E-state index in [1.54, 1.807) is 12.4 Å². The zero-order valence-corrected chi connectivity index (χ0v) is 11.9. The summed E-state index contributed by atoms with van der Waals surface area (Å²) in [6.07, 6.45) is 2.46. The van der Waals surface area contributed by atoms with Gasteiger partial charge in [0.25, 0.3) is 5.91 Å². The molecule has 0 fully saturated rings. The number of hydrogen-bond donors (Lipinski definition) is 2. The Morgan fingerprint density at radius 1 is 1.19 bits per heavy atom. The fourth-order valence-electron chi connectivity index (χ4n) is 2.25. The highest BCUT2D eigenvalue weighted by molar-refractivity contribution is 5.97. The van der Waals surface area contributed by atoms with Gasteiger partial charge < -0.3 is 10.3 Å². The minimum absolute atomic E-state index is 0.0568. The second kappa shape index (κ2) is 5.79. The van der Waals surface area contributed by atoms with E-state index in [1.807, 2.05) is 12.1 Å². The van der Waals surface area contributed by atoms with Crippen LogP contribution >= 0.6 is 0 Å². The van der Waals surface area contributed by atoms with Crippen LogP contribution in [0.4, 0.5) is 0 Å². The number of aromatic nitrogens is 2. The highest BCUT2D eigenvalue weighted by Crippen LogP contribution is 2.11. The van der Waals surface area contributed by atoms with Crippen LogP contribution in [0.15, 0.2) is 48.8 Å². The lowest BCUT2D eigenvalue weighted by molar-refractivity contribution is 0.0954. The third kappa shape index (κ3) is 3.11. The van der Waals surface area contributed by atoms with Crippen molar-refractivity contribution in [1.82, 2.24) is 15.3 Å². The Morgan fingerprint density at radius 3 is 2.81 bits per heavy atom. The number of aromatic amines is 1. The third-order valence-electron chi connectivity index (χ3n) is 3.50. The second-order valence-corrected chi connectivity index (χ2v) is 5.13. The molecule has 21 heavy (non-hydrogen) atoms. The normalized spacial score (nSPS) is 10.7. The highest BCUT2D eigenvalue weighted by Gasteiger charge is 2.06. The van der Waals surface area contributed by atoms with E-state index in [2.05, 4.69) is 46.5 Å². The minimum atomic E-state index is -0.0568. The van der Waals surface area contributed by atoms with Gasteiger partial charge in [0.15, 0.2) is 0 Å². The van der Waals surface area contributed by atoms with Crippen molar-refractivity contribution in [3.8, 4) is 0 Å². The molecule has 3 rings (SSSR count). The van der Waals surface area contributed by atoms with E-state index in [4.69, 9.17) is 0 Å². The smallest absolute Gasteiger partial charge is 0.251 e. The number of nitrogens with zero attached hydrogens (tertiary/aromatic N) is 1. The summed E-state index contributed by atoms with van der Waals surface area (Å²) in [4.78, 5) is 19.3. The van der Waals surface area contributed by atoms with Crippen LogP contribution in [-0.4, -0.2) is 22.4 Å².